The molecule has 230 valence electrons. The molecule has 2 unspecified atom stereocenters. The molecule has 0 amide bonds. The normalized spacial score (nSPS) is 27.7. The number of nitrogens with zero attached hydrogens (tertiary/aromatic N) is 6. The lowest BCUT2D eigenvalue weighted by atomic mass is 10.2. The maximum atomic E-state index is 12.3. The van der Waals surface area contributed by atoms with Crippen LogP contribution in [0.15, 0.2) is 28.6 Å². The van der Waals surface area contributed by atoms with Crippen molar-refractivity contribution >= 4 is 77.0 Å². The van der Waals surface area contributed by atoms with E-state index in [0.717, 1.165) is 0 Å². The van der Waals surface area contributed by atoms with Gasteiger partial charge in [-0.05, 0) is 11.8 Å². The summed E-state index contributed by atoms with van der Waals surface area (Å²) in [6, 6.07) is 0. The van der Waals surface area contributed by atoms with E-state index in [2.05, 4.69) is 42.2 Å². The first-order valence-electron chi connectivity index (χ1n) is 12.6. The Hall–Kier alpha value is -2.26. The zero-order valence-corrected chi connectivity index (χ0v) is 26.0. The predicted molar refractivity (Wildman–Crippen MR) is 160 cm³/mol. The molecule has 6 N–H and O–H groups in total. The molecule has 0 radical (unpaired) electrons. The van der Waals surface area contributed by atoms with E-state index < -0.39 is 60.8 Å². The monoisotopic (exact) mass is 692 g/mol. The van der Waals surface area contributed by atoms with Gasteiger partial charge in [-0.3, -0.25) is 23.7 Å². The van der Waals surface area contributed by atoms with Gasteiger partial charge in [0.05, 0.1) is 37.8 Å². The highest BCUT2D eigenvalue weighted by Crippen LogP contribution is 2.50. The van der Waals surface area contributed by atoms with Gasteiger partial charge < -0.3 is 39.2 Å². The second-order valence-electron chi connectivity index (χ2n) is 9.59. The van der Waals surface area contributed by atoms with Gasteiger partial charge in [0.1, 0.15) is 37.3 Å². The lowest BCUT2D eigenvalue weighted by Gasteiger charge is -2.25. The van der Waals surface area contributed by atoms with E-state index in [-0.39, 0.29) is 54.3 Å². The number of hydrogen-bond acceptors (Lipinski definition) is 15. The van der Waals surface area contributed by atoms with E-state index in [1.54, 1.807) is 0 Å². The highest BCUT2D eigenvalue weighted by Gasteiger charge is 2.43. The molecule has 0 aromatic carbocycles. The summed E-state index contributed by atoms with van der Waals surface area (Å²) in [6.07, 6.45) is -2.06. The molecule has 0 bridgehead atoms. The van der Waals surface area contributed by atoms with Crippen LogP contribution in [0.25, 0.3) is 22.3 Å². The molecule has 2 aliphatic heterocycles. The van der Waals surface area contributed by atoms with Crippen molar-refractivity contribution in [3.8, 4) is 0 Å². The minimum absolute atomic E-state index is 0.0211. The third-order valence-electron chi connectivity index (χ3n) is 6.79. The number of nitrogens with one attached hydrogen (secondary N) is 2. The summed E-state index contributed by atoms with van der Waals surface area (Å²) in [4.78, 5) is 56.6. The van der Waals surface area contributed by atoms with Crippen LogP contribution < -0.4 is 16.9 Å². The number of thiol groups is 1. The Morgan fingerprint density at radius 1 is 1.14 bits per heavy atom. The second-order valence-corrected chi connectivity index (χ2v) is 16.0. The number of aromatic amines is 2. The number of aliphatic hydroxyl groups excluding tert-OH is 1. The van der Waals surface area contributed by atoms with Crippen molar-refractivity contribution in [3.63, 3.8) is 0 Å². The Morgan fingerprint density at radius 2 is 1.88 bits per heavy atom. The third kappa shape index (κ3) is 6.44. The zero-order valence-electron chi connectivity index (χ0n) is 21.7. The lowest BCUT2D eigenvalue weighted by Crippen LogP contribution is -2.27. The molecule has 0 spiro atoms. The van der Waals surface area contributed by atoms with Gasteiger partial charge in [0.25, 0.3) is 11.1 Å². The number of ether oxygens (including phenoxy) is 2. The fraction of sp³-hybridized carbons (Fsp3) is 0.500. The fourth-order valence-corrected chi connectivity index (χ4v) is 7.04. The van der Waals surface area contributed by atoms with Crippen LogP contribution in [0.3, 0.4) is 0 Å². The second kappa shape index (κ2) is 12.3. The van der Waals surface area contributed by atoms with E-state index in [9.17, 15) is 19.6 Å². The highest BCUT2D eigenvalue weighted by molar-refractivity contribution is 8.54. The Bertz CT molecular complexity index is 1850. The molecule has 0 aliphatic carbocycles. The summed E-state index contributed by atoms with van der Waals surface area (Å²) in [5, 5.41) is 10.6. The van der Waals surface area contributed by atoms with E-state index in [1.807, 2.05) is 0 Å². The molecule has 8 atom stereocenters. The summed E-state index contributed by atoms with van der Waals surface area (Å²) < 4.78 is 32.0. The van der Waals surface area contributed by atoms with Crippen molar-refractivity contribution in [1.82, 2.24) is 39.0 Å². The summed E-state index contributed by atoms with van der Waals surface area (Å²) in [6.45, 7) is -4.19. The van der Waals surface area contributed by atoms with Gasteiger partial charge >= 0.3 is 12.8 Å². The number of fused-ring (bicyclic) bond motifs is 2. The van der Waals surface area contributed by atoms with Crippen molar-refractivity contribution in [2.24, 2.45) is 0 Å². The maximum Gasteiger partial charge on any atom is 0.411 e. The van der Waals surface area contributed by atoms with Gasteiger partial charge in [-0.2, -0.15) is 9.51 Å². The van der Waals surface area contributed by atoms with Gasteiger partial charge in [-0.15, -0.1) is 0 Å². The summed E-state index contributed by atoms with van der Waals surface area (Å²) >= 11 is 14.4. The molecule has 2 aliphatic rings. The van der Waals surface area contributed by atoms with Gasteiger partial charge in [-0.1, -0.05) is 0 Å². The molecular weight excluding hydrogens is 668 g/mol. The molecule has 6 heterocycles. The first kappa shape index (κ1) is 30.8. The van der Waals surface area contributed by atoms with Gasteiger partial charge in [0, 0.05) is 12.8 Å². The molecule has 4 aromatic heterocycles. The quantitative estimate of drug-likeness (QED) is 0.0955. The number of anilines is 1. The molecule has 43 heavy (non-hydrogen) atoms. The minimum Gasteiger partial charge on any atom is -0.390 e. The van der Waals surface area contributed by atoms with Gasteiger partial charge in [-0.25, -0.2) is 15.0 Å². The predicted octanol–water partition coefficient (Wildman–Crippen LogP) is 0.110. The summed E-state index contributed by atoms with van der Waals surface area (Å²) in [5.41, 5.74) is 5.35. The average molecular weight is 693 g/mol. The SMILES string of the molecule is Nc1nc2c(ncn2[C@@H]2O[C@H](CO[P+](=S)S)C[C@H]2OP(O)(=S)OC[C@H]2O[C@@H](n3cnc4c(=O)[nH]cnc43)C[C@@H]2O)c(=O)[nH]1. The van der Waals surface area contributed by atoms with Gasteiger partial charge in [0.15, 0.2) is 28.6 Å². The van der Waals surface area contributed by atoms with Crippen LogP contribution in [0, 0.1) is 0 Å². The van der Waals surface area contributed by atoms with Crippen molar-refractivity contribution < 1.29 is 33.0 Å². The van der Waals surface area contributed by atoms with Crippen LogP contribution in [0.2, 0.25) is 0 Å². The van der Waals surface area contributed by atoms with E-state index in [4.69, 9.17) is 52.4 Å². The Balaban J connectivity index is 1.16. The standard InChI is InChI=1S/C20H23N9O9P2S3/c21-20-26-16-14(18(32)27-20)25-7-29(16)19-10(1-8(36-19)3-34-39(41)42)38-40(33,43)35-4-11-9(30)2-12(37-11)28-6-24-13-15(28)22-5-23-17(13)31/h5-12,19,30H,1-4H2,(H5-,21,22,23,26,27,31,32,33,41,42,43)/p+1/t8-,9-,10+,11+,12+,19+,40?/m0/s1. The van der Waals surface area contributed by atoms with Crippen molar-refractivity contribution in [2.45, 2.75) is 49.7 Å². The van der Waals surface area contributed by atoms with Crippen LogP contribution in [-0.4, -0.2) is 86.7 Å². The van der Waals surface area contributed by atoms with E-state index in [0.29, 0.717) is 0 Å². The average Bonchev–Trinajstić information content (AvgIpc) is 3.71. The Labute approximate surface area is 256 Å². The summed E-state index contributed by atoms with van der Waals surface area (Å²) in [5.74, 6) is -0.128. The number of imidazole rings is 2. The molecule has 18 nitrogen and oxygen atoms in total. The topological polar surface area (TPSA) is 240 Å². The molecule has 0 saturated carbocycles. The highest BCUT2D eigenvalue weighted by atomic mass is 32.9. The minimum atomic E-state index is -3.96. The van der Waals surface area contributed by atoms with Crippen LogP contribution in [0.1, 0.15) is 25.3 Å². The van der Waals surface area contributed by atoms with Gasteiger partial charge in [0.2, 0.25) is 17.8 Å². The Morgan fingerprint density at radius 3 is 2.65 bits per heavy atom. The molecule has 23 heteroatoms. The third-order valence-corrected chi connectivity index (χ3v) is 9.41. The molecule has 4 aromatic rings. The van der Waals surface area contributed by atoms with Crippen LogP contribution >= 0.6 is 25.1 Å². The molecular formula is C20H24N9O9P2S3+. The Kier molecular flexibility index (Phi) is 8.77. The van der Waals surface area contributed by atoms with Crippen molar-refractivity contribution in [1.29, 1.82) is 0 Å². The van der Waals surface area contributed by atoms with E-state index in [1.165, 1.54) is 28.1 Å². The first-order chi connectivity index (χ1) is 20.5. The van der Waals surface area contributed by atoms with Crippen LogP contribution in [0.4, 0.5) is 5.95 Å². The van der Waals surface area contributed by atoms with Crippen LogP contribution in [-0.2, 0) is 46.7 Å². The van der Waals surface area contributed by atoms with Crippen molar-refractivity contribution in [2.75, 3.05) is 18.9 Å². The summed E-state index contributed by atoms with van der Waals surface area (Å²) in [7, 11) is 0. The maximum absolute atomic E-state index is 12.3. The first-order valence-corrected chi connectivity index (χ1v) is 18.6. The number of aliphatic hydroxyl groups is 1. The largest absolute Gasteiger partial charge is 0.411 e. The number of aromatic nitrogens is 8. The number of nitrogens with two attached hydrogens (primary N) is 1. The number of H-pyrrole nitrogens is 2. The number of rotatable bonds is 10. The van der Waals surface area contributed by atoms with E-state index >= 15 is 0 Å². The zero-order chi connectivity index (χ0) is 30.5. The smallest absolute Gasteiger partial charge is 0.390 e. The molecule has 6 rings (SSSR count). The van der Waals surface area contributed by atoms with Crippen LogP contribution in [0.5, 0.6) is 0 Å². The number of hydrogen-bond donors (Lipinski definition) is 6. The molecule has 2 fully saturated rings. The van der Waals surface area contributed by atoms with Crippen molar-refractivity contribution in [3.05, 3.63) is 39.7 Å². The lowest BCUT2D eigenvalue weighted by molar-refractivity contribution is -0.0523. The fourth-order valence-electron chi connectivity index (χ4n) is 4.92. The number of nitrogen functional groups attached to an aromatic ring is 1. The molecule has 2 saturated heterocycles.